The van der Waals surface area contributed by atoms with Gasteiger partial charge in [0.05, 0.1) is 19.3 Å². The Labute approximate surface area is 136 Å². The maximum Gasteiger partial charge on any atom is 0.123 e. The standard InChI is InChI=1S/C17H23ClFNO2/c18-17-2-1-15(19)9-14(17)10-20-6-3-16(4-7-20)22-12-13-5-8-21-11-13/h1-2,9,13,16H,3-8,10-12H2. The van der Waals surface area contributed by atoms with Crippen LogP contribution in [0.3, 0.4) is 0 Å². The average molecular weight is 328 g/mol. The third-order valence-electron chi connectivity index (χ3n) is 4.53. The van der Waals surface area contributed by atoms with Crippen molar-refractivity contribution in [2.24, 2.45) is 5.92 Å². The van der Waals surface area contributed by atoms with E-state index in [0.29, 0.717) is 23.6 Å². The van der Waals surface area contributed by atoms with Crippen LogP contribution in [-0.4, -0.2) is 43.9 Å². The van der Waals surface area contributed by atoms with Gasteiger partial charge >= 0.3 is 0 Å². The van der Waals surface area contributed by atoms with Crippen LogP contribution in [-0.2, 0) is 16.0 Å². The largest absolute Gasteiger partial charge is 0.381 e. The monoisotopic (exact) mass is 327 g/mol. The number of hydrogen-bond donors (Lipinski definition) is 0. The molecule has 2 fully saturated rings. The summed E-state index contributed by atoms with van der Waals surface area (Å²) >= 11 is 6.14. The third-order valence-corrected chi connectivity index (χ3v) is 4.90. The van der Waals surface area contributed by atoms with Crippen LogP contribution in [0.25, 0.3) is 0 Å². The van der Waals surface area contributed by atoms with E-state index in [-0.39, 0.29) is 5.82 Å². The van der Waals surface area contributed by atoms with Crippen molar-refractivity contribution >= 4 is 11.6 Å². The maximum atomic E-state index is 13.3. The van der Waals surface area contributed by atoms with E-state index in [1.165, 1.54) is 12.1 Å². The third kappa shape index (κ3) is 4.42. The molecule has 0 N–H and O–H groups in total. The fourth-order valence-electron chi connectivity index (χ4n) is 3.13. The molecule has 1 aromatic carbocycles. The molecule has 0 saturated carbocycles. The molecule has 0 aromatic heterocycles. The summed E-state index contributed by atoms with van der Waals surface area (Å²) < 4.78 is 24.7. The summed E-state index contributed by atoms with van der Waals surface area (Å²) in [7, 11) is 0. The van der Waals surface area contributed by atoms with Crippen molar-refractivity contribution in [2.75, 3.05) is 32.9 Å². The minimum absolute atomic E-state index is 0.226. The number of likely N-dealkylation sites (tertiary alicyclic amines) is 1. The summed E-state index contributed by atoms with van der Waals surface area (Å²) in [5.74, 6) is 0.348. The molecular formula is C17H23ClFNO2. The lowest BCUT2D eigenvalue weighted by molar-refractivity contribution is -0.0116. The van der Waals surface area contributed by atoms with Crippen LogP contribution in [0, 0.1) is 11.7 Å². The first-order chi connectivity index (χ1) is 10.7. The normalized spacial score (nSPS) is 24.0. The molecule has 22 heavy (non-hydrogen) atoms. The maximum absolute atomic E-state index is 13.3. The number of hydrogen-bond acceptors (Lipinski definition) is 3. The quantitative estimate of drug-likeness (QED) is 0.826. The zero-order valence-corrected chi connectivity index (χ0v) is 13.5. The highest BCUT2D eigenvalue weighted by atomic mass is 35.5. The number of piperidine rings is 1. The van der Waals surface area contributed by atoms with E-state index in [9.17, 15) is 4.39 Å². The number of benzene rings is 1. The minimum Gasteiger partial charge on any atom is -0.381 e. The van der Waals surface area contributed by atoms with Gasteiger partial charge in [-0.15, -0.1) is 0 Å². The Hall–Kier alpha value is -0.680. The Morgan fingerprint density at radius 2 is 2.09 bits per heavy atom. The topological polar surface area (TPSA) is 21.7 Å². The minimum atomic E-state index is -0.226. The molecule has 0 radical (unpaired) electrons. The number of ether oxygens (including phenoxy) is 2. The molecular weight excluding hydrogens is 305 g/mol. The Bertz CT molecular complexity index is 486. The highest BCUT2D eigenvalue weighted by Crippen LogP contribution is 2.22. The number of rotatable bonds is 5. The highest BCUT2D eigenvalue weighted by Gasteiger charge is 2.23. The first-order valence-electron chi connectivity index (χ1n) is 8.06. The molecule has 2 aliphatic rings. The van der Waals surface area contributed by atoms with Gasteiger partial charge in [-0.3, -0.25) is 4.90 Å². The van der Waals surface area contributed by atoms with Crippen molar-refractivity contribution in [3.05, 3.63) is 34.6 Å². The van der Waals surface area contributed by atoms with Crippen molar-refractivity contribution < 1.29 is 13.9 Å². The predicted molar refractivity (Wildman–Crippen MR) is 84.6 cm³/mol. The van der Waals surface area contributed by atoms with Gasteiger partial charge in [-0.1, -0.05) is 11.6 Å². The van der Waals surface area contributed by atoms with Crippen molar-refractivity contribution in [3.8, 4) is 0 Å². The van der Waals surface area contributed by atoms with Gasteiger partial charge in [0.15, 0.2) is 0 Å². The molecule has 2 heterocycles. The summed E-state index contributed by atoms with van der Waals surface area (Å²) in [6.45, 7) is 5.19. The lowest BCUT2D eigenvalue weighted by Gasteiger charge is -2.32. The Balaban J connectivity index is 1.42. The molecule has 1 atom stereocenters. The predicted octanol–water partition coefficient (Wildman–Crippen LogP) is 3.50. The zero-order valence-electron chi connectivity index (χ0n) is 12.8. The van der Waals surface area contributed by atoms with Crippen LogP contribution in [0.1, 0.15) is 24.8 Å². The summed E-state index contributed by atoms with van der Waals surface area (Å²) in [4.78, 5) is 2.32. The first kappa shape index (κ1) is 16.2. The summed E-state index contributed by atoms with van der Waals surface area (Å²) in [6, 6.07) is 4.56. The van der Waals surface area contributed by atoms with Gasteiger partial charge < -0.3 is 9.47 Å². The second-order valence-electron chi connectivity index (χ2n) is 6.27. The SMILES string of the molecule is Fc1ccc(Cl)c(CN2CCC(OCC3CCOC3)CC2)c1. The van der Waals surface area contributed by atoms with Crippen molar-refractivity contribution in [3.63, 3.8) is 0 Å². The molecule has 1 unspecified atom stereocenters. The van der Waals surface area contributed by atoms with Crippen LogP contribution < -0.4 is 0 Å². The van der Waals surface area contributed by atoms with Gasteiger partial charge in [-0.2, -0.15) is 0 Å². The van der Waals surface area contributed by atoms with E-state index < -0.39 is 0 Å². The lowest BCUT2D eigenvalue weighted by atomic mass is 10.1. The van der Waals surface area contributed by atoms with E-state index in [2.05, 4.69) is 4.90 Å². The fourth-order valence-corrected chi connectivity index (χ4v) is 3.30. The Morgan fingerprint density at radius 1 is 1.27 bits per heavy atom. The smallest absolute Gasteiger partial charge is 0.123 e. The Morgan fingerprint density at radius 3 is 2.82 bits per heavy atom. The van der Waals surface area contributed by atoms with Gasteiger partial charge in [-0.25, -0.2) is 4.39 Å². The van der Waals surface area contributed by atoms with Crippen LogP contribution >= 0.6 is 11.6 Å². The van der Waals surface area contributed by atoms with E-state index in [1.54, 1.807) is 6.07 Å². The molecule has 2 aliphatic heterocycles. The Kier molecular flexibility index (Phi) is 5.69. The van der Waals surface area contributed by atoms with Gasteiger partial charge in [0.1, 0.15) is 5.82 Å². The number of halogens is 2. The van der Waals surface area contributed by atoms with Crippen molar-refractivity contribution in [1.82, 2.24) is 4.90 Å². The van der Waals surface area contributed by atoms with Crippen LogP contribution in [0.2, 0.25) is 5.02 Å². The van der Waals surface area contributed by atoms with Gasteiger partial charge in [-0.05, 0) is 43.0 Å². The molecule has 0 spiro atoms. The molecule has 122 valence electrons. The fraction of sp³-hybridized carbons (Fsp3) is 0.647. The average Bonchev–Trinajstić information content (AvgIpc) is 3.04. The van der Waals surface area contributed by atoms with Crippen LogP contribution in [0.15, 0.2) is 18.2 Å². The lowest BCUT2D eigenvalue weighted by Crippen LogP contribution is -2.37. The molecule has 3 rings (SSSR count). The van der Waals surface area contributed by atoms with E-state index >= 15 is 0 Å². The summed E-state index contributed by atoms with van der Waals surface area (Å²) in [6.07, 6.45) is 3.53. The van der Waals surface area contributed by atoms with E-state index in [0.717, 1.165) is 57.7 Å². The highest BCUT2D eigenvalue weighted by molar-refractivity contribution is 6.31. The van der Waals surface area contributed by atoms with Gasteiger partial charge in [0.2, 0.25) is 0 Å². The van der Waals surface area contributed by atoms with Gasteiger partial charge in [0, 0.05) is 37.2 Å². The second kappa shape index (κ2) is 7.73. The number of nitrogens with zero attached hydrogens (tertiary/aromatic N) is 1. The van der Waals surface area contributed by atoms with Crippen molar-refractivity contribution in [2.45, 2.75) is 31.9 Å². The first-order valence-corrected chi connectivity index (χ1v) is 8.44. The second-order valence-corrected chi connectivity index (χ2v) is 6.68. The van der Waals surface area contributed by atoms with E-state index in [1.807, 2.05) is 0 Å². The zero-order chi connectivity index (χ0) is 15.4. The van der Waals surface area contributed by atoms with Crippen LogP contribution in [0.4, 0.5) is 4.39 Å². The molecule has 1 aromatic rings. The van der Waals surface area contributed by atoms with Gasteiger partial charge in [0.25, 0.3) is 0 Å². The van der Waals surface area contributed by atoms with Crippen LogP contribution in [0.5, 0.6) is 0 Å². The molecule has 0 aliphatic carbocycles. The molecule has 0 bridgehead atoms. The van der Waals surface area contributed by atoms with E-state index in [4.69, 9.17) is 21.1 Å². The summed E-state index contributed by atoms with van der Waals surface area (Å²) in [5, 5.41) is 0.640. The van der Waals surface area contributed by atoms with Crippen molar-refractivity contribution in [1.29, 1.82) is 0 Å². The molecule has 3 nitrogen and oxygen atoms in total. The molecule has 2 saturated heterocycles. The summed E-state index contributed by atoms with van der Waals surface area (Å²) in [5.41, 5.74) is 0.865. The molecule has 0 amide bonds. The molecule has 5 heteroatoms.